The highest BCUT2D eigenvalue weighted by Gasteiger charge is 2.16. The first kappa shape index (κ1) is 10.5. The molecule has 1 aromatic carbocycles. The summed E-state index contributed by atoms with van der Waals surface area (Å²) in [5, 5.41) is 0. The number of rotatable bonds is 2. The smallest absolute Gasteiger partial charge is 0.210 e. The van der Waals surface area contributed by atoms with Gasteiger partial charge in [0.2, 0.25) is 6.41 Å². The van der Waals surface area contributed by atoms with Gasteiger partial charge in [-0.3, -0.25) is 4.79 Å². The summed E-state index contributed by atoms with van der Waals surface area (Å²) in [6.07, 6.45) is 1.81. The third-order valence-corrected chi connectivity index (χ3v) is 3.28. The van der Waals surface area contributed by atoms with Crippen molar-refractivity contribution in [1.29, 1.82) is 0 Å². The van der Waals surface area contributed by atoms with Gasteiger partial charge in [0.1, 0.15) is 5.75 Å². The molecule has 3 nitrogen and oxygen atoms in total. The third-order valence-electron chi connectivity index (χ3n) is 2.66. The van der Waals surface area contributed by atoms with Crippen LogP contribution in [-0.4, -0.2) is 25.0 Å². The second-order valence-corrected chi connectivity index (χ2v) is 4.44. The highest BCUT2D eigenvalue weighted by atomic mass is 79.9. The Morgan fingerprint density at radius 3 is 2.93 bits per heavy atom. The van der Waals surface area contributed by atoms with E-state index >= 15 is 0 Å². The summed E-state index contributed by atoms with van der Waals surface area (Å²) in [5.74, 6) is 0.821. The molecule has 4 heteroatoms. The molecule has 0 aromatic heterocycles. The molecule has 0 aliphatic carbocycles. The van der Waals surface area contributed by atoms with Crippen molar-refractivity contribution in [2.45, 2.75) is 13.0 Å². The SMILES string of the molecule is COc1cc2c(cc1Br)CCN(C=O)C2. The molecule has 0 unspecified atom stereocenters. The number of hydrogen-bond acceptors (Lipinski definition) is 2. The standard InChI is InChI=1S/C11H12BrNO2/c1-15-11-5-9-6-13(7-14)3-2-8(9)4-10(11)12/h4-5,7H,2-3,6H2,1H3. The molecular weight excluding hydrogens is 258 g/mol. The summed E-state index contributed by atoms with van der Waals surface area (Å²) >= 11 is 3.46. The molecule has 1 heterocycles. The maximum absolute atomic E-state index is 10.7. The van der Waals surface area contributed by atoms with Gasteiger partial charge >= 0.3 is 0 Å². The zero-order valence-electron chi connectivity index (χ0n) is 8.50. The largest absolute Gasteiger partial charge is 0.496 e. The van der Waals surface area contributed by atoms with E-state index in [0.717, 1.165) is 29.6 Å². The van der Waals surface area contributed by atoms with Gasteiger partial charge in [-0.2, -0.15) is 0 Å². The molecule has 1 aliphatic rings. The second kappa shape index (κ2) is 4.23. The number of nitrogens with zero attached hydrogens (tertiary/aromatic N) is 1. The van der Waals surface area contributed by atoms with Gasteiger partial charge in [-0.05, 0) is 45.6 Å². The molecule has 0 bridgehead atoms. The van der Waals surface area contributed by atoms with Gasteiger partial charge in [-0.25, -0.2) is 0 Å². The molecule has 15 heavy (non-hydrogen) atoms. The lowest BCUT2D eigenvalue weighted by molar-refractivity contribution is -0.118. The van der Waals surface area contributed by atoms with Gasteiger partial charge in [0.05, 0.1) is 11.6 Å². The van der Waals surface area contributed by atoms with E-state index in [9.17, 15) is 4.79 Å². The molecule has 0 spiro atoms. The van der Waals surface area contributed by atoms with Crippen molar-refractivity contribution in [2.75, 3.05) is 13.7 Å². The van der Waals surface area contributed by atoms with Crippen molar-refractivity contribution in [3.63, 3.8) is 0 Å². The zero-order chi connectivity index (χ0) is 10.8. The Bertz CT molecular complexity index is 392. The van der Waals surface area contributed by atoms with Gasteiger partial charge in [0.25, 0.3) is 0 Å². The normalized spacial score (nSPS) is 14.7. The zero-order valence-corrected chi connectivity index (χ0v) is 10.1. The number of carbonyl (C=O) groups excluding carboxylic acids is 1. The molecule has 0 saturated carbocycles. The van der Waals surface area contributed by atoms with Crippen LogP contribution in [0.5, 0.6) is 5.75 Å². The maximum atomic E-state index is 10.7. The summed E-state index contributed by atoms with van der Waals surface area (Å²) in [7, 11) is 1.65. The molecular formula is C11H12BrNO2. The van der Waals surface area contributed by atoms with Gasteiger partial charge in [0.15, 0.2) is 0 Å². The fraction of sp³-hybridized carbons (Fsp3) is 0.364. The minimum atomic E-state index is 0.683. The minimum absolute atomic E-state index is 0.683. The van der Waals surface area contributed by atoms with E-state index < -0.39 is 0 Å². The van der Waals surface area contributed by atoms with Crippen LogP contribution in [0, 0.1) is 0 Å². The quantitative estimate of drug-likeness (QED) is 0.769. The molecule has 1 aromatic rings. The third kappa shape index (κ3) is 2.00. The lowest BCUT2D eigenvalue weighted by atomic mass is 10.00. The fourth-order valence-electron chi connectivity index (χ4n) is 1.82. The van der Waals surface area contributed by atoms with Crippen molar-refractivity contribution in [3.8, 4) is 5.75 Å². The number of benzene rings is 1. The Morgan fingerprint density at radius 1 is 1.47 bits per heavy atom. The molecule has 1 aliphatic heterocycles. The first-order valence-electron chi connectivity index (χ1n) is 4.79. The predicted molar refractivity (Wildman–Crippen MR) is 60.9 cm³/mol. The maximum Gasteiger partial charge on any atom is 0.210 e. The van der Waals surface area contributed by atoms with E-state index in [1.165, 1.54) is 11.1 Å². The van der Waals surface area contributed by atoms with Crippen LogP contribution in [-0.2, 0) is 17.8 Å². The average Bonchev–Trinajstić information content (AvgIpc) is 2.27. The average molecular weight is 270 g/mol. The topological polar surface area (TPSA) is 29.5 Å². The van der Waals surface area contributed by atoms with Crippen LogP contribution in [0.2, 0.25) is 0 Å². The Kier molecular flexibility index (Phi) is 2.95. The van der Waals surface area contributed by atoms with Crippen molar-refractivity contribution in [3.05, 3.63) is 27.7 Å². The van der Waals surface area contributed by atoms with E-state index in [2.05, 4.69) is 22.0 Å². The lowest BCUT2D eigenvalue weighted by Crippen LogP contribution is -2.29. The summed E-state index contributed by atoms with van der Waals surface area (Å²) in [5.41, 5.74) is 2.47. The van der Waals surface area contributed by atoms with Crippen LogP contribution in [0.15, 0.2) is 16.6 Å². The molecule has 0 fully saturated rings. The molecule has 0 N–H and O–H groups in total. The van der Waals surface area contributed by atoms with Crippen LogP contribution >= 0.6 is 15.9 Å². The molecule has 0 radical (unpaired) electrons. The number of ether oxygens (including phenoxy) is 1. The van der Waals surface area contributed by atoms with E-state index in [0.29, 0.717) is 6.54 Å². The van der Waals surface area contributed by atoms with E-state index in [1.54, 1.807) is 12.0 Å². The predicted octanol–water partition coefficient (Wildman–Crippen LogP) is 1.97. The summed E-state index contributed by atoms with van der Waals surface area (Å²) in [6, 6.07) is 4.07. The number of hydrogen-bond donors (Lipinski definition) is 0. The number of fused-ring (bicyclic) bond motifs is 1. The van der Waals surface area contributed by atoms with Crippen LogP contribution in [0.3, 0.4) is 0 Å². The highest BCUT2D eigenvalue weighted by Crippen LogP contribution is 2.31. The number of methoxy groups -OCH3 is 1. The van der Waals surface area contributed by atoms with Crippen molar-refractivity contribution < 1.29 is 9.53 Å². The van der Waals surface area contributed by atoms with Crippen LogP contribution in [0.4, 0.5) is 0 Å². The Hall–Kier alpha value is -1.03. The van der Waals surface area contributed by atoms with Crippen molar-refractivity contribution in [2.24, 2.45) is 0 Å². The van der Waals surface area contributed by atoms with Gasteiger partial charge in [-0.1, -0.05) is 0 Å². The Balaban J connectivity index is 2.37. The van der Waals surface area contributed by atoms with Crippen molar-refractivity contribution in [1.82, 2.24) is 4.90 Å². The van der Waals surface area contributed by atoms with E-state index in [1.807, 2.05) is 6.07 Å². The van der Waals surface area contributed by atoms with Crippen LogP contribution in [0.1, 0.15) is 11.1 Å². The van der Waals surface area contributed by atoms with E-state index in [4.69, 9.17) is 4.74 Å². The molecule has 0 atom stereocenters. The van der Waals surface area contributed by atoms with Crippen LogP contribution in [0.25, 0.3) is 0 Å². The highest BCUT2D eigenvalue weighted by molar-refractivity contribution is 9.10. The van der Waals surface area contributed by atoms with Gasteiger partial charge < -0.3 is 9.64 Å². The first-order chi connectivity index (χ1) is 7.24. The monoisotopic (exact) mass is 269 g/mol. The Labute approximate surface area is 97.2 Å². The fourth-order valence-corrected chi connectivity index (χ4v) is 2.38. The molecule has 1 amide bonds. The summed E-state index contributed by atoms with van der Waals surface area (Å²) in [6.45, 7) is 1.48. The molecule has 80 valence electrons. The minimum Gasteiger partial charge on any atom is -0.496 e. The van der Waals surface area contributed by atoms with E-state index in [-0.39, 0.29) is 0 Å². The van der Waals surface area contributed by atoms with Gasteiger partial charge in [0, 0.05) is 13.1 Å². The van der Waals surface area contributed by atoms with Crippen molar-refractivity contribution >= 4 is 22.3 Å². The van der Waals surface area contributed by atoms with Crippen LogP contribution < -0.4 is 4.74 Å². The number of halogens is 1. The van der Waals surface area contributed by atoms with Gasteiger partial charge in [-0.15, -0.1) is 0 Å². The summed E-state index contributed by atoms with van der Waals surface area (Å²) in [4.78, 5) is 12.5. The summed E-state index contributed by atoms with van der Waals surface area (Å²) < 4.78 is 6.20. The second-order valence-electron chi connectivity index (χ2n) is 3.58. The molecule has 2 rings (SSSR count). The number of carbonyl (C=O) groups is 1. The Morgan fingerprint density at radius 2 is 2.27 bits per heavy atom. The lowest BCUT2D eigenvalue weighted by Gasteiger charge is -2.26. The molecule has 0 saturated heterocycles. The number of amides is 1. The first-order valence-corrected chi connectivity index (χ1v) is 5.58.